The molecule has 0 aliphatic carbocycles. The zero-order valence-electron chi connectivity index (χ0n) is 12.6. The summed E-state index contributed by atoms with van der Waals surface area (Å²) in [7, 11) is 0. The molecule has 118 valence electrons. The Morgan fingerprint density at radius 2 is 1.96 bits per heavy atom. The minimum absolute atomic E-state index is 0.188. The van der Waals surface area contributed by atoms with E-state index >= 15 is 0 Å². The molecule has 1 amide bonds. The number of benzene rings is 1. The van der Waals surface area contributed by atoms with Crippen molar-refractivity contribution >= 4 is 54.6 Å². The smallest absolute Gasteiger partial charge is 0.295 e. The highest BCUT2D eigenvalue weighted by Crippen LogP contribution is 2.29. The third kappa shape index (κ3) is 3.05. The molecule has 0 unspecified atom stereocenters. The molecule has 3 rings (SSSR count). The molecule has 6 heteroatoms. The largest absolute Gasteiger partial charge is 0.451 e. The summed E-state index contributed by atoms with van der Waals surface area (Å²) < 4.78 is 7.62. The predicted molar refractivity (Wildman–Crippen MR) is 97.9 cm³/mol. The Hall–Kier alpha value is -1.66. The van der Waals surface area contributed by atoms with Gasteiger partial charge in [-0.05, 0) is 60.1 Å². The van der Waals surface area contributed by atoms with Gasteiger partial charge in [0.25, 0.3) is 5.91 Å². The number of nitrogens with zero attached hydrogens (tertiary/aromatic N) is 2. The van der Waals surface area contributed by atoms with Crippen molar-refractivity contribution < 1.29 is 9.21 Å². The number of halogens is 2. The van der Waals surface area contributed by atoms with Gasteiger partial charge in [-0.15, -0.1) is 0 Å². The summed E-state index contributed by atoms with van der Waals surface area (Å²) in [6.45, 7) is 4.32. The molecule has 0 bridgehead atoms. The standard InChI is InChI=1S/C17H14Br2N2O2/c1-3-21(15-7-5-12(19)9-20-15)17(22)16-10(2)13-8-11(18)4-6-14(13)23-16/h4-9H,3H2,1-2H3. The zero-order chi connectivity index (χ0) is 16.6. The van der Waals surface area contributed by atoms with Crippen LogP contribution in [0.15, 0.2) is 49.9 Å². The molecule has 0 atom stereocenters. The van der Waals surface area contributed by atoms with E-state index in [9.17, 15) is 4.79 Å². The van der Waals surface area contributed by atoms with Gasteiger partial charge < -0.3 is 4.42 Å². The monoisotopic (exact) mass is 436 g/mol. The van der Waals surface area contributed by atoms with Crippen LogP contribution in [0.1, 0.15) is 23.0 Å². The van der Waals surface area contributed by atoms with E-state index in [-0.39, 0.29) is 5.91 Å². The van der Waals surface area contributed by atoms with Crippen molar-refractivity contribution in [1.29, 1.82) is 0 Å². The van der Waals surface area contributed by atoms with E-state index in [4.69, 9.17) is 4.42 Å². The number of aromatic nitrogens is 1. The second-order valence-corrected chi connectivity index (χ2v) is 6.91. The van der Waals surface area contributed by atoms with E-state index in [1.54, 1.807) is 17.2 Å². The van der Waals surface area contributed by atoms with E-state index in [1.807, 2.05) is 38.1 Å². The summed E-state index contributed by atoms with van der Waals surface area (Å²) in [6, 6.07) is 9.38. The summed E-state index contributed by atoms with van der Waals surface area (Å²) in [6.07, 6.45) is 1.67. The Morgan fingerprint density at radius 3 is 2.61 bits per heavy atom. The molecule has 0 radical (unpaired) electrons. The number of carbonyl (C=O) groups excluding carboxylic acids is 1. The molecule has 1 aromatic carbocycles. The molecule has 2 aromatic heterocycles. The second-order valence-electron chi connectivity index (χ2n) is 5.08. The van der Waals surface area contributed by atoms with Gasteiger partial charge in [0.2, 0.25) is 0 Å². The quantitative estimate of drug-likeness (QED) is 0.556. The van der Waals surface area contributed by atoms with Gasteiger partial charge in [-0.1, -0.05) is 15.9 Å². The van der Waals surface area contributed by atoms with Crippen LogP contribution >= 0.6 is 31.9 Å². The Bertz CT molecular complexity index is 872. The fourth-order valence-corrected chi connectivity index (χ4v) is 3.05. The van der Waals surface area contributed by atoms with Crippen LogP contribution in [-0.4, -0.2) is 17.4 Å². The maximum absolute atomic E-state index is 12.9. The summed E-state index contributed by atoms with van der Waals surface area (Å²) >= 11 is 6.80. The predicted octanol–water partition coefficient (Wildman–Crippen LogP) is 5.33. The summed E-state index contributed by atoms with van der Waals surface area (Å²) in [5, 5.41) is 0.933. The van der Waals surface area contributed by atoms with Crippen molar-refractivity contribution in [1.82, 2.24) is 4.98 Å². The molecular weight excluding hydrogens is 424 g/mol. The van der Waals surface area contributed by atoms with Gasteiger partial charge in [-0.25, -0.2) is 4.98 Å². The van der Waals surface area contributed by atoms with Gasteiger partial charge in [0.1, 0.15) is 11.4 Å². The highest BCUT2D eigenvalue weighted by Gasteiger charge is 2.24. The van der Waals surface area contributed by atoms with Gasteiger partial charge >= 0.3 is 0 Å². The average Bonchev–Trinajstić information content (AvgIpc) is 2.86. The molecule has 0 N–H and O–H groups in total. The molecule has 4 nitrogen and oxygen atoms in total. The van der Waals surface area contributed by atoms with Crippen molar-refractivity contribution in [2.75, 3.05) is 11.4 Å². The van der Waals surface area contributed by atoms with Crippen LogP contribution in [0.3, 0.4) is 0 Å². The maximum Gasteiger partial charge on any atom is 0.295 e. The Kier molecular flexibility index (Phi) is 4.55. The lowest BCUT2D eigenvalue weighted by Crippen LogP contribution is -2.31. The zero-order valence-corrected chi connectivity index (χ0v) is 15.8. The van der Waals surface area contributed by atoms with Crippen LogP contribution in [-0.2, 0) is 0 Å². The van der Waals surface area contributed by atoms with Crippen LogP contribution in [0.2, 0.25) is 0 Å². The van der Waals surface area contributed by atoms with Crippen LogP contribution in [0.25, 0.3) is 11.0 Å². The second kappa shape index (κ2) is 6.45. The number of fused-ring (bicyclic) bond motifs is 1. The molecule has 23 heavy (non-hydrogen) atoms. The average molecular weight is 438 g/mol. The molecule has 0 saturated heterocycles. The number of rotatable bonds is 3. The highest BCUT2D eigenvalue weighted by atomic mass is 79.9. The minimum atomic E-state index is -0.188. The van der Waals surface area contributed by atoms with Gasteiger partial charge in [0.15, 0.2) is 5.76 Å². The topological polar surface area (TPSA) is 46.3 Å². The van der Waals surface area contributed by atoms with E-state index in [2.05, 4.69) is 36.8 Å². The number of anilines is 1. The Balaban J connectivity index is 2.04. The summed E-state index contributed by atoms with van der Waals surface area (Å²) in [5.41, 5.74) is 1.54. The van der Waals surface area contributed by atoms with Gasteiger partial charge in [0, 0.05) is 32.6 Å². The number of furan rings is 1. The molecule has 0 aliphatic heterocycles. The third-order valence-electron chi connectivity index (χ3n) is 3.64. The number of hydrogen-bond acceptors (Lipinski definition) is 3. The van der Waals surface area contributed by atoms with Gasteiger partial charge in [-0.3, -0.25) is 9.69 Å². The lowest BCUT2D eigenvalue weighted by molar-refractivity contribution is 0.0962. The van der Waals surface area contributed by atoms with Crippen molar-refractivity contribution in [3.8, 4) is 0 Å². The SMILES string of the molecule is CCN(C(=O)c1oc2ccc(Br)cc2c1C)c1ccc(Br)cn1. The van der Waals surface area contributed by atoms with Crippen LogP contribution in [0.5, 0.6) is 0 Å². The molecule has 2 heterocycles. The number of pyridine rings is 1. The van der Waals surface area contributed by atoms with E-state index in [0.29, 0.717) is 23.7 Å². The van der Waals surface area contributed by atoms with Crippen molar-refractivity contribution in [3.63, 3.8) is 0 Å². The molecule has 0 spiro atoms. The van der Waals surface area contributed by atoms with Crippen LogP contribution in [0, 0.1) is 6.92 Å². The molecule has 0 aliphatic rings. The minimum Gasteiger partial charge on any atom is -0.451 e. The lowest BCUT2D eigenvalue weighted by atomic mass is 10.1. The fraction of sp³-hybridized carbons (Fsp3) is 0.176. The van der Waals surface area contributed by atoms with Crippen LogP contribution in [0.4, 0.5) is 5.82 Å². The number of hydrogen-bond donors (Lipinski definition) is 0. The normalized spacial score (nSPS) is 11.0. The van der Waals surface area contributed by atoms with E-state index < -0.39 is 0 Å². The first-order valence-corrected chi connectivity index (χ1v) is 8.72. The molecule has 3 aromatic rings. The first-order valence-electron chi connectivity index (χ1n) is 7.13. The lowest BCUT2D eigenvalue weighted by Gasteiger charge is -2.18. The summed E-state index contributed by atoms with van der Waals surface area (Å²) in [5.74, 6) is 0.763. The Labute approximate surface area is 150 Å². The number of aryl methyl sites for hydroxylation is 1. The molecule has 0 fully saturated rings. The van der Waals surface area contributed by atoms with E-state index in [1.165, 1.54) is 0 Å². The molecule has 0 saturated carbocycles. The van der Waals surface area contributed by atoms with Gasteiger partial charge in [0.05, 0.1) is 0 Å². The third-order valence-corrected chi connectivity index (χ3v) is 4.60. The number of carbonyl (C=O) groups is 1. The van der Waals surface area contributed by atoms with Crippen molar-refractivity contribution in [2.24, 2.45) is 0 Å². The molecular formula is C17H14Br2N2O2. The number of amides is 1. The fourth-order valence-electron chi connectivity index (χ4n) is 2.46. The van der Waals surface area contributed by atoms with E-state index in [0.717, 1.165) is 19.9 Å². The highest BCUT2D eigenvalue weighted by molar-refractivity contribution is 9.10. The summed E-state index contributed by atoms with van der Waals surface area (Å²) in [4.78, 5) is 18.8. The Morgan fingerprint density at radius 1 is 1.22 bits per heavy atom. The van der Waals surface area contributed by atoms with Gasteiger partial charge in [-0.2, -0.15) is 0 Å². The van der Waals surface area contributed by atoms with Crippen molar-refractivity contribution in [3.05, 3.63) is 56.8 Å². The first kappa shape index (κ1) is 16.2. The maximum atomic E-state index is 12.9. The van der Waals surface area contributed by atoms with Crippen LogP contribution < -0.4 is 4.90 Å². The van der Waals surface area contributed by atoms with Crippen molar-refractivity contribution in [2.45, 2.75) is 13.8 Å². The first-order chi connectivity index (χ1) is 11.0.